The molecule has 1 atom stereocenters. The van der Waals surface area contributed by atoms with Gasteiger partial charge in [0.1, 0.15) is 18.1 Å². The van der Waals surface area contributed by atoms with E-state index in [1.807, 2.05) is 51.4 Å². The van der Waals surface area contributed by atoms with Crippen molar-refractivity contribution in [2.75, 3.05) is 34.3 Å². The summed E-state index contributed by atoms with van der Waals surface area (Å²) in [6.45, 7) is 3.64. The van der Waals surface area contributed by atoms with Crippen molar-refractivity contribution in [3.63, 3.8) is 0 Å². The number of likely N-dealkylation sites (tertiary alicyclic amines) is 1. The summed E-state index contributed by atoms with van der Waals surface area (Å²) in [5, 5.41) is 13.7. The van der Waals surface area contributed by atoms with Crippen LogP contribution in [0, 0.1) is 6.92 Å². The van der Waals surface area contributed by atoms with Crippen LogP contribution in [-0.4, -0.2) is 50.9 Å². The summed E-state index contributed by atoms with van der Waals surface area (Å²) in [5.74, 6) is -0.648. The van der Waals surface area contributed by atoms with Gasteiger partial charge < -0.3 is 24.4 Å². The van der Waals surface area contributed by atoms with E-state index in [2.05, 4.69) is 0 Å². The van der Waals surface area contributed by atoms with E-state index in [1.165, 1.54) is 9.80 Å². The van der Waals surface area contributed by atoms with Gasteiger partial charge in [0, 0.05) is 18.5 Å². The van der Waals surface area contributed by atoms with Crippen molar-refractivity contribution in [3.8, 4) is 11.5 Å². The first-order valence-electron chi connectivity index (χ1n) is 12.8. The van der Waals surface area contributed by atoms with Crippen LogP contribution in [0.5, 0.6) is 11.5 Å². The quantitative estimate of drug-likeness (QED) is 0.255. The molecule has 0 aromatic heterocycles. The van der Waals surface area contributed by atoms with Crippen molar-refractivity contribution in [2.45, 2.75) is 26.0 Å². The number of quaternary nitrogens is 1. The van der Waals surface area contributed by atoms with Gasteiger partial charge in [-0.15, -0.1) is 0 Å². The highest BCUT2D eigenvalue weighted by atomic mass is 16.5. The molecule has 0 bridgehead atoms. The van der Waals surface area contributed by atoms with Crippen LogP contribution in [0.25, 0.3) is 5.76 Å². The number of nitrogens with zero attached hydrogens (tertiary/aromatic N) is 1. The number of benzene rings is 3. The Balaban J connectivity index is 1.65. The van der Waals surface area contributed by atoms with Crippen molar-refractivity contribution < 1.29 is 29.1 Å². The molecule has 3 aromatic rings. The van der Waals surface area contributed by atoms with Crippen LogP contribution in [0.4, 0.5) is 0 Å². The minimum absolute atomic E-state index is 0.0333. The number of hydrogen-bond acceptors (Lipinski definition) is 5. The van der Waals surface area contributed by atoms with Crippen molar-refractivity contribution in [2.24, 2.45) is 0 Å². The lowest BCUT2D eigenvalue weighted by Gasteiger charge is -2.28. The second kappa shape index (κ2) is 12.0. The molecule has 1 amide bonds. The molecule has 1 heterocycles. The number of nitrogens with one attached hydrogen (secondary N) is 1. The smallest absolute Gasteiger partial charge is 0.295 e. The van der Waals surface area contributed by atoms with E-state index in [4.69, 9.17) is 9.47 Å². The predicted octanol–water partition coefficient (Wildman–Crippen LogP) is 2.34. The maximum atomic E-state index is 13.7. The van der Waals surface area contributed by atoms with Gasteiger partial charge in [-0.25, -0.2) is 0 Å². The zero-order valence-electron chi connectivity index (χ0n) is 22.3. The fourth-order valence-electron chi connectivity index (χ4n) is 4.65. The second-order valence-electron chi connectivity index (χ2n) is 9.80. The number of aryl methyl sites for hydroxylation is 1. The third-order valence-electron chi connectivity index (χ3n) is 6.79. The number of Topliss-reactive ketones (excluding diaryl/α,β-unsaturated/α-hetero) is 1. The van der Waals surface area contributed by atoms with Gasteiger partial charge in [-0.1, -0.05) is 54.3 Å². The van der Waals surface area contributed by atoms with E-state index in [9.17, 15) is 14.7 Å². The van der Waals surface area contributed by atoms with E-state index in [0.29, 0.717) is 42.2 Å². The molecular weight excluding hydrogens is 480 g/mol. The molecule has 4 rings (SSSR count). The molecule has 1 aliphatic heterocycles. The van der Waals surface area contributed by atoms with Crippen LogP contribution in [0.3, 0.4) is 0 Å². The minimum Gasteiger partial charge on any atom is -0.872 e. The Labute approximate surface area is 223 Å². The first-order chi connectivity index (χ1) is 18.3. The minimum atomic E-state index is -0.772. The summed E-state index contributed by atoms with van der Waals surface area (Å²) in [7, 11) is 5.62. The zero-order valence-corrected chi connectivity index (χ0v) is 22.3. The molecule has 1 fully saturated rings. The average Bonchev–Trinajstić information content (AvgIpc) is 3.17. The number of hydrogen-bond donors (Lipinski definition) is 1. The van der Waals surface area contributed by atoms with Gasteiger partial charge in [0.2, 0.25) is 5.78 Å². The van der Waals surface area contributed by atoms with Crippen LogP contribution in [-0.2, 0) is 16.2 Å². The molecule has 7 heteroatoms. The number of amides is 1. The molecule has 7 nitrogen and oxygen atoms in total. The Bertz CT molecular complexity index is 1330. The molecule has 1 N–H and O–H groups in total. The second-order valence-corrected chi connectivity index (χ2v) is 9.80. The molecule has 0 saturated carbocycles. The highest BCUT2D eigenvalue weighted by Gasteiger charge is 2.44. The molecule has 0 aliphatic carbocycles. The Morgan fingerprint density at radius 2 is 1.71 bits per heavy atom. The SMILES string of the molecule is COc1cccc(C2/C(=C(\[O-])c3ccc(OCc4ccccc4C)cc3)C(=O)C(=O)N2CCC[NH+](C)C)c1. The van der Waals surface area contributed by atoms with Crippen LogP contribution in [0.2, 0.25) is 0 Å². The molecule has 1 aliphatic rings. The predicted molar refractivity (Wildman–Crippen MR) is 144 cm³/mol. The van der Waals surface area contributed by atoms with E-state index in [1.54, 1.807) is 49.6 Å². The van der Waals surface area contributed by atoms with E-state index >= 15 is 0 Å². The molecule has 0 radical (unpaired) electrons. The summed E-state index contributed by atoms with van der Waals surface area (Å²) in [6, 6.07) is 21.1. The fraction of sp³-hybridized carbons (Fsp3) is 0.290. The molecule has 0 spiro atoms. The molecule has 198 valence electrons. The summed E-state index contributed by atoms with van der Waals surface area (Å²) in [6.07, 6.45) is 0.705. The third-order valence-corrected chi connectivity index (χ3v) is 6.79. The largest absolute Gasteiger partial charge is 0.872 e. The Morgan fingerprint density at radius 3 is 2.39 bits per heavy atom. The van der Waals surface area contributed by atoms with Gasteiger partial charge in [0.05, 0.1) is 33.8 Å². The standard InChI is InChI=1S/C31H34N2O5/c1-21-9-5-6-10-24(21)20-38-25-15-13-22(14-16-25)29(34)27-28(23-11-7-12-26(19-23)37-4)33(31(36)30(27)35)18-8-17-32(2)3/h5-7,9-16,19,28,34H,8,17-18,20H2,1-4H3/b29-27+. The summed E-state index contributed by atoms with van der Waals surface area (Å²) >= 11 is 0. The Morgan fingerprint density at radius 1 is 0.974 bits per heavy atom. The van der Waals surface area contributed by atoms with E-state index in [0.717, 1.165) is 17.7 Å². The molecule has 3 aromatic carbocycles. The van der Waals surface area contributed by atoms with Crippen LogP contribution < -0.4 is 19.5 Å². The van der Waals surface area contributed by atoms with Crippen molar-refractivity contribution in [3.05, 3.63) is 101 Å². The van der Waals surface area contributed by atoms with Gasteiger partial charge in [0.15, 0.2) is 0 Å². The van der Waals surface area contributed by atoms with Crippen LogP contribution in [0.1, 0.15) is 34.7 Å². The molecule has 1 saturated heterocycles. The summed E-state index contributed by atoms with van der Waals surface area (Å²) in [5.41, 5.74) is 3.18. The van der Waals surface area contributed by atoms with Crippen molar-refractivity contribution in [1.29, 1.82) is 0 Å². The van der Waals surface area contributed by atoms with Gasteiger partial charge >= 0.3 is 0 Å². The molecule has 38 heavy (non-hydrogen) atoms. The number of ether oxygens (including phenoxy) is 2. The Kier molecular flexibility index (Phi) is 8.48. The zero-order chi connectivity index (χ0) is 27.2. The first kappa shape index (κ1) is 26.9. The first-order valence-corrected chi connectivity index (χ1v) is 12.8. The number of rotatable bonds is 10. The average molecular weight is 515 g/mol. The summed E-state index contributed by atoms with van der Waals surface area (Å²) in [4.78, 5) is 29.1. The topological polar surface area (TPSA) is 83.3 Å². The maximum absolute atomic E-state index is 13.7. The van der Waals surface area contributed by atoms with Gasteiger partial charge in [-0.05, 0) is 53.4 Å². The van der Waals surface area contributed by atoms with Crippen LogP contribution in [0.15, 0.2) is 78.4 Å². The fourth-order valence-corrected chi connectivity index (χ4v) is 4.65. The normalized spacial score (nSPS) is 16.8. The Hall–Kier alpha value is -4.10. The van der Waals surface area contributed by atoms with E-state index < -0.39 is 23.5 Å². The highest BCUT2D eigenvalue weighted by Crippen LogP contribution is 2.39. The monoisotopic (exact) mass is 514 g/mol. The number of carbonyl (C=O) groups excluding carboxylic acids is 2. The molecule has 1 unspecified atom stereocenters. The van der Waals surface area contributed by atoms with Crippen LogP contribution >= 0.6 is 0 Å². The highest BCUT2D eigenvalue weighted by molar-refractivity contribution is 6.46. The number of carbonyl (C=O) groups is 2. The number of ketones is 1. The summed E-state index contributed by atoms with van der Waals surface area (Å²) < 4.78 is 11.3. The number of methoxy groups -OCH3 is 1. The lowest BCUT2D eigenvalue weighted by molar-refractivity contribution is -0.858. The van der Waals surface area contributed by atoms with Crippen molar-refractivity contribution in [1.82, 2.24) is 4.90 Å². The lowest BCUT2D eigenvalue weighted by atomic mass is 9.95. The van der Waals surface area contributed by atoms with Crippen molar-refractivity contribution >= 4 is 17.4 Å². The van der Waals surface area contributed by atoms with Gasteiger partial charge in [-0.2, -0.15) is 0 Å². The van der Waals surface area contributed by atoms with Gasteiger partial charge in [-0.3, -0.25) is 9.59 Å². The van der Waals surface area contributed by atoms with Gasteiger partial charge in [0.25, 0.3) is 5.91 Å². The maximum Gasteiger partial charge on any atom is 0.295 e. The third kappa shape index (κ3) is 5.89. The lowest BCUT2D eigenvalue weighted by Crippen LogP contribution is -3.05. The molecular formula is C31H34N2O5. The van der Waals surface area contributed by atoms with E-state index in [-0.39, 0.29) is 5.57 Å².